The van der Waals surface area contributed by atoms with Crippen LogP contribution in [-0.2, 0) is 16.1 Å². The van der Waals surface area contributed by atoms with Crippen LogP contribution in [0.3, 0.4) is 0 Å². The van der Waals surface area contributed by atoms with Crippen molar-refractivity contribution in [1.29, 1.82) is 0 Å². The van der Waals surface area contributed by atoms with Crippen LogP contribution in [-0.4, -0.2) is 28.4 Å². The highest BCUT2D eigenvalue weighted by Gasteiger charge is 2.09. The Morgan fingerprint density at radius 2 is 2.08 bits per heavy atom. The third-order valence-electron chi connectivity index (χ3n) is 3.16. The maximum absolute atomic E-state index is 12.7. The van der Waals surface area contributed by atoms with Crippen LogP contribution in [0.2, 0.25) is 5.02 Å². The highest BCUT2D eigenvalue weighted by Crippen LogP contribution is 2.14. The number of rotatable bonds is 6. The quantitative estimate of drug-likeness (QED) is 0.341. The molecule has 0 aliphatic rings. The summed E-state index contributed by atoms with van der Waals surface area (Å²) in [4.78, 5) is 28.4. The smallest absolute Gasteiger partial charge is 0.330 e. The lowest BCUT2D eigenvalue weighted by atomic mass is 10.2. The van der Waals surface area contributed by atoms with E-state index in [9.17, 15) is 9.59 Å². The molecule has 1 aromatic carbocycles. The molecule has 0 atom stereocenters. The lowest BCUT2D eigenvalue weighted by molar-refractivity contribution is -0.137. The zero-order chi connectivity index (χ0) is 17.5. The van der Waals surface area contributed by atoms with E-state index in [1.165, 1.54) is 30.1 Å². The monoisotopic (exact) mass is 364 g/mol. The molecular formula is C17H17ClN2O3S. The molecule has 5 nitrogen and oxygen atoms in total. The van der Waals surface area contributed by atoms with Gasteiger partial charge in [-0.25, -0.2) is 9.78 Å². The normalized spacial score (nSPS) is 11.0. The summed E-state index contributed by atoms with van der Waals surface area (Å²) in [5.74, 6) is -0.491. The van der Waals surface area contributed by atoms with Gasteiger partial charge in [-0.15, -0.1) is 0 Å². The summed E-state index contributed by atoms with van der Waals surface area (Å²) < 4.78 is 6.38. The predicted octanol–water partition coefficient (Wildman–Crippen LogP) is 3.24. The van der Waals surface area contributed by atoms with Crippen molar-refractivity contribution in [3.8, 4) is 0 Å². The van der Waals surface area contributed by atoms with Crippen LogP contribution in [0.4, 0.5) is 0 Å². The molecule has 0 aliphatic carbocycles. The van der Waals surface area contributed by atoms with Gasteiger partial charge in [-0.2, -0.15) is 0 Å². The summed E-state index contributed by atoms with van der Waals surface area (Å²) in [5.41, 5.74) is 1.05. The summed E-state index contributed by atoms with van der Waals surface area (Å²) in [6.45, 7) is 2.38. The second-order valence-electron chi connectivity index (χ2n) is 4.80. The van der Waals surface area contributed by atoms with Gasteiger partial charge in [0.1, 0.15) is 0 Å². The Morgan fingerprint density at radius 1 is 1.38 bits per heavy atom. The van der Waals surface area contributed by atoms with E-state index >= 15 is 0 Å². The van der Waals surface area contributed by atoms with Crippen LogP contribution in [0.25, 0.3) is 6.08 Å². The summed E-state index contributed by atoms with van der Waals surface area (Å²) in [7, 11) is 0. The molecule has 126 valence electrons. The third kappa shape index (κ3) is 4.72. The van der Waals surface area contributed by atoms with Gasteiger partial charge in [0.15, 0.2) is 5.16 Å². The van der Waals surface area contributed by atoms with Gasteiger partial charge in [0.05, 0.1) is 18.7 Å². The molecule has 0 spiro atoms. The van der Waals surface area contributed by atoms with Gasteiger partial charge in [0.25, 0.3) is 5.56 Å². The fourth-order valence-corrected chi connectivity index (χ4v) is 2.68. The van der Waals surface area contributed by atoms with Crippen molar-refractivity contribution >= 4 is 35.4 Å². The van der Waals surface area contributed by atoms with E-state index in [2.05, 4.69) is 4.98 Å². The number of aromatic nitrogens is 2. The summed E-state index contributed by atoms with van der Waals surface area (Å²) in [6, 6.07) is 7.28. The fourth-order valence-electron chi connectivity index (χ4n) is 2.03. The Hall–Kier alpha value is -2.05. The standard InChI is InChI=1S/C17H17ClN2O3S/c1-3-23-15(21)9-6-13-10-19-17(24-2)20(16(13)22)11-12-4-7-14(18)8-5-12/h4-10H,3,11H2,1-2H3/b9-6+. The minimum absolute atomic E-state index is 0.218. The number of thioether (sulfide) groups is 1. The van der Waals surface area contributed by atoms with E-state index in [1.54, 1.807) is 23.6 Å². The molecule has 0 amide bonds. The van der Waals surface area contributed by atoms with Gasteiger partial charge in [0, 0.05) is 17.3 Å². The highest BCUT2D eigenvalue weighted by atomic mass is 35.5. The number of hydrogen-bond acceptors (Lipinski definition) is 5. The maximum Gasteiger partial charge on any atom is 0.330 e. The first-order valence-corrected chi connectivity index (χ1v) is 8.88. The molecule has 0 radical (unpaired) electrons. The van der Waals surface area contributed by atoms with Crippen molar-refractivity contribution in [2.45, 2.75) is 18.6 Å². The van der Waals surface area contributed by atoms with Gasteiger partial charge in [-0.3, -0.25) is 9.36 Å². The molecule has 0 aliphatic heterocycles. The van der Waals surface area contributed by atoms with Crippen LogP contribution < -0.4 is 5.56 Å². The first-order chi connectivity index (χ1) is 11.5. The van der Waals surface area contributed by atoms with Gasteiger partial charge < -0.3 is 4.74 Å². The number of esters is 1. The largest absolute Gasteiger partial charge is 0.463 e. The predicted molar refractivity (Wildman–Crippen MR) is 96.5 cm³/mol. The minimum Gasteiger partial charge on any atom is -0.463 e. The molecule has 1 heterocycles. The van der Waals surface area contributed by atoms with E-state index in [-0.39, 0.29) is 12.2 Å². The number of ether oxygens (including phenoxy) is 1. The number of carbonyl (C=O) groups excluding carboxylic acids is 1. The Bertz CT molecular complexity index is 800. The molecule has 0 saturated heterocycles. The van der Waals surface area contributed by atoms with E-state index < -0.39 is 5.97 Å². The molecule has 0 bridgehead atoms. The molecule has 0 fully saturated rings. The van der Waals surface area contributed by atoms with Gasteiger partial charge in [0.2, 0.25) is 0 Å². The van der Waals surface area contributed by atoms with Crippen molar-refractivity contribution in [2.24, 2.45) is 0 Å². The molecule has 7 heteroatoms. The van der Waals surface area contributed by atoms with E-state index in [4.69, 9.17) is 16.3 Å². The minimum atomic E-state index is -0.491. The molecule has 2 aromatic rings. The Labute approximate surface area is 149 Å². The first kappa shape index (κ1) is 18.3. The van der Waals surface area contributed by atoms with Crippen LogP contribution >= 0.6 is 23.4 Å². The van der Waals surface area contributed by atoms with Crippen LogP contribution in [0.15, 0.2) is 46.5 Å². The van der Waals surface area contributed by atoms with Crippen molar-refractivity contribution in [1.82, 2.24) is 9.55 Å². The number of halogens is 1. The molecular weight excluding hydrogens is 348 g/mol. The van der Waals surface area contributed by atoms with Crippen molar-refractivity contribution in [3.63, 3.8) is 0 Å². The molecule has 0 saturated carbocycles. The van der Waals surface area contributed by atoms with Gasteiger partial charge in [-0.05, 0) is 37.0 Å². The molecule has 1 aromatic heterocycles. The maximum atomic E-state index is 12.7. The Kier molecular flexibility index (Phi) is 6.63. The topological polar surface area (TPSA) is 61.2 Å². The summed E-state index contributed by atoms with van der Waals surface area (Å²) in [6.07, 6.45) is 5.97. The molecule has 24 heavy (non-hydrogen) atoms. The lowest BCUT2D eigenvalue weighted by Crippen LogP contribution is -2.25. The van der Waals surface area contributed by atoms with Crippen molar-refractivity contribution in [3.05, 3.63) is 63.0 Å². The van der Waals surface area contributed by atoms with Crippen LogP contribution in [0.1, 0.15) is 18.1 Å². The molecule has 2 rings (SSSR count). The lowest BCUT2D eigenvalue weighted by Gasteiger charge is -2.11. The van der Waals surface area contributed by atoms with Crippen molar-refractivity contribution < 1.29 is 9.53 Å². The van der Waals surface area contributed by atoms with Gasteiger partial charge >= 0.3 is 5.97 Å². The average molecular weight is 365 g/mol. The fraction of sp³-hybridized carbons (Fsp3) is 0.235. The van der Waals surface area contributed by atoms with E-state index in [1.807, 2.05) is 18.4 Å². The number of hydrogen-bond donors (Lipinski definition) is 0. The van der Waals surface area contributed by atoms with E-state index in [0.29, 0.717) is 22.3 Å². The third-order valence-corrected chi connectivity index (χ3v) is 4.10. The van der Waals surface area contributed by atoms with Crippen molar-refractivity contribution in [2.75, 3.05) is 12.9 Å². The van der Waals surface area contributed by atoms with E-state index in [0.717, 1.165) is 5.56 Å². The summed E-state index contributed by atoms with van der Waals surface area (Å²) >= 11 is 7.27. The second kappa shape index (κ2) is 8.70. The molecule has 0 N–H and O–H groups in total. The number of benzene rings is 1. The second-order valence-corrected chi connectivity index (χ2v) is 6.01. The van der Waals surface area contributed by atoms with Crippen LogP contribution in [0.5, 0.6) is 0 Å². The molecule has 0 unspecified atom stereocenters. The zero-order valence-corrected chi connectivity index (χ0v) is 14.9. The first-order valence-electron chi connectivity index (χ1n) is 7.28. The Morgan fingerprint density at radius 3 is 2.71 bits per heavy atom. The number of carbonyl (C=O) groups is 1. The zero-order valence-electron chi connectivity index (χ0n) is 13.4. The average Bonchev–Trinajstić information content (AvgIpc) is 2.57. The highest BCUT2D eigenvalue weighted by molar-refractivity contribution is 7.98. The number of nitrogens with zero attached hydrogens (tertiary/aromatic N) is 2. The van der Waals surface area contributed by atoms with Gasteiger partial charge in [-0.1, -0.05) is 35.5 Å². The SMILES string of the molecule is CCOC(=O)/C=C/c1cnc(SC)n(Cc2ccc(Cl)cc2)c1=O. The summed E-state index contributed by atoms with van der Waals surface area (Å²) in [5, 5.41) is 1.24. The Balaban J connectivity index is 2.35. The van der Waals surface area contributed by atoms with Crippen LogP contribution in [0, 0.1) is 0 Å².